The Labute approximate surface area is 97.1 Å². The van der Waals surface area contributed by atoms with Gasteiger partial charge >= 0.3 is 0 Å². The van der Waals surface area contributed by atoms with Gasteiger partial charge < -0.3 is 15.4 Å². The van der Waals surface area contributed by atoms with Crippen molar-refractivity contribution in [1.82, 2.24) is 10.6 Å². The number of nitrogens with one attached hydrogen (secondary N) is 2. The molecule has 2 aliphatic rings. The molecular formula is C12H22N2O2. The first kappa shape index (κ1) is 11.9. The monoisotopic (exact) mass is 226 g/mol. The highest BCUT2D eigenvalue weighted by Crippen LogP contribution is 2.13. The molecule has 0 saturated carbocycles. The van der Waals surface area contributed by atoms with Crippen molar-refractivity contribution in [3.63, 3.8) is 0 Å². The number of ether oxygens (including phenoxy) is 1. The summed E-state index contributed by atoms with van der Waals surface area (Å²) < 4.78 is 5.30. The highest BCUT2D eigenvalue weighted by Gasteiger charge is 2.21. The molecule has 0 bridgehead atoms. The lowest BCUT2D eigenvalue weighted by Crippen LogP contribution is -2.47. The van der Waals surface area contributed by atoms with E-state index in [2.05, 4.69) is 10.6 Å². The van der Waals surface area contributed by atoms with E-state index < -0.39 is 0 Å². The zero-order valence-corrected chi connectivity index (χ0v) is 9.84. The molecule has 0 aromatic heterocycles. The fourth-order valence-corrected chi connectivity index (χ4v) is 2.39. The minimum absolute atomic E-state index is 0.0496. The summed E-state index contributed by atoms with van der Waals surface area (Å²) in [6, 6.07) is 0.0496. The minimum atomic E-state index is 0.0496. The van der Waals surface area contributed by atoms with Crippen LogP contribution in [0.1, 0.15) is 32.1 Å². The van der Waals surface area contributed by atoms with Crippen LogP contribution in [0.5, 0.6) is 0 Å². The Hall–Kier alpha value is -0.610. The summed E-state index contributed by atoms with van der Waals surface area (Å²) in [5.74, 6) is 0.799. The van der Waals surface area contributed by atoms with Crippen LogP contribution in [-0.2, 0) is 9.53 Å². The molecule has 0 aromatic rings. The van der Waals surface area contributed by atoms with Gasteiger partial charge in [0.15, 0.2) is 0 Å². The fourth-order valence-electron chi connectivity index (χ4n) is 2.39. The zero-order valence-electron chi connectivity index (χ0n) is 9.84. The third-order valence-corrected chi connectivity index (χ3v) is 3.53. The Morgan fingerprint density at radius 3 is 2.75 bits per heavy atom. The van der Waals surface area contributed by atoms with Crippen molar-refractivity contribution in [2.75, 3.05) is 26.3 Å². The topological polar surface area (TPSA) is 50.4 Å². The van der Waals surface area contributed by atoms with Gasteiger partial charge in [0.05, 0.1) is 6.04 Å². The van der Waals surface area contributed by atoms with Crippen LogP contribution in [0.2, 0.25) is 0 Å². The molecule has 0 aliphatic carbocycles. The standard InChI is InChI=1S/C12H22N2O2/c15-12(11-3-1-2-6-13-11)14-9-10-4-7-16-8-5-10/h10-11,13H,1-9H2,(H,14,15). The van der Waals surface area contributed by atoms with Gasteiger partial charge in [-0.1, -0.05) is 6.42 Å². The molecule has 2 aliphatic heterocycles. The van der Waals surface area contributed by atoms with E-state index >= 15 is 0 Å². The minimum Gasteiger partial charge on any atom is -0.381 e. The Balaban J connectivity index is 1.65. The van der Waals surface area contributed by atoms with Crippen molar-refractivity contribution in [1.29, 1.82) is 0 Å². The van der Waals surface area contributed by atoms with Crippen LogP contribution in [0.3, 0.4) is 0 Å². The van der Waals surface area contributed by atoms with Gasteiger partial charge in [-0.2, -0.15) is 0 Å². The molecule has 16 heavy (non-hydrogen) atoms. The second kappa shape index (κ2) is 6.21. The average molecular weight is 226 g/mol. The molecule has 2 fully saturated rings. The summed E-state index contributed by atoms with van der Waals surface area (Å²) in [7, 11) is 0. The number of piperidine rings is 1. The van der Waals surface area contributed by atoms with E-state index in [4.69, 9.17) is 4.74 Å². The van der Waals surface area contributed by atoms with E-state index in [0.717, 1.165) is 45.6 Å². The molecule has 1 amide bonds. The third-order valence-electron chi connectivity index (χ3n) is 3.53. The van der Waals surface area contributed by atoms with E-state index in [1.54, 1.807) is 0 Å². The molecule has 0 aromatic carbocycles. The fraction of sp³-hybridized carbons (Fsp3) is 0.917. The molecule has 2 saturated heterocycles. The summed E-state index contributed by atoms with van der Waals surface area (Å²) in [5, 5.41) is 6.33. The van der Waals surface area contributed by atoms with Crippen molar-refractivity contribution in [3.8, 4) is 0 Å². The van der Waals surface area contributed by atoms with Gasteiger partial charge in [0, 0.05) is 19.8 Å². The van der Waals surface area contributed by atoms with Gasteiger partial charge in [-0.15, -0.1) is 0 Å². The molecule has 2 N–H and O–H groups in total. The van der Waals surface area contributed by atoms with E-state index in [0.29, 0.717) is 5.92 Å². The van der Waals surface area contributed by atoms with E-state index in [1.165, 1.54) is 12.8 Å². The van der Waals surface area contributed by atoms with Crippen molar-refractivity contribution < 1.29 is 9.53 Å². The Bertz CT molecular complexity index is 221. The van der Waals surface area contributed by atoms with Gasteiger partial charge in [0.1, 0.15) is 0 Å². The number of amides is 1. The number of carbonyl (C=O) groups excluding carboxylic acids is 1. The zero-order chi connectivity index (χ0) is 11.2. The van der Waals surface area contributed by atoms with Gasteiger partial charge in [0.2, 0.25) is 5.91 Å². The highest BCUT2D eigenvalue weighted by molar-refractivity contribution is 5.81. The molecule has 0 spiro atoms. The van der Waals surface area contributed by atoms with E-state index in [-0.39, 0.29) is 11.9 Å². The van der Waals surface area contributed by atoms with Gasteiger partial charge in [-0.3, -0.25) is 4.79 Å². The van der Waals surface area contributed by atoms with Crippen LogP contribution in [-0.4, -0.2) is 38.3 Å². The first-order chi connectivity index (χ1) is 7.86. The second-order valence-electron chi connectivity index (χ2n) is 4.80. The lowest BCUT2D eigenvalue weighted by Gasteiger charge is -2.25. The predicted octanol–water partition coefficient (Wildman–Crippen LogP) is 0.671. The van der Waals surface area contributed by atoms with Crippen molar-refractivity contribution >= 4 is 5.91 Å². The molecule has 4 heteroatoms. The SMILES string of the molecule is O=C(NCC1CCOCC1)C1CCCCN1. The molecule has 2 rings (SSSR count). The van der Waals surface area contributed by atoms with Gasteiger partial charge in [-0.25, -0.2) is 0 Å². The number of hydrogen-bond donors (Lipinski definition) is 2. The molecule has 92 valence electrons. The summed E-state index contributed by atoms with van der Waals surface area (Å²) in [6.45, 7) is 3.50. The maximum atomic E-state index is 11.8. The van der Waals surface area contributed by atoms with Crippen LogP contribution in [0, 0.1) is 5.92 Å². The van der Waals surface area contributed by atoms with E-state index in [1.807, 2.05) is 0 Å². The summed E-state index contributed by atoms with van der Waals surface area (Å²) in [5.41, 5.74) is 0. The highest BCUT2D eigenvalue weighted by atomic mass is 16.5. The predicted molar refractivity (Wildman–Crippen MR) is 62.2 cm³/mol. The molecule has 4 nitrogen and oxygen atoms in total. The number of carbonyl (C=O) groups is 1. The van der Waals surface area contributed by atoms with Crippen LogP contribution in [0.4, 0.5) is 0 Å². The maximum absolute atomic E-state index is 11.8. The van der Waals surface area contributed by atoms with Crippen LogP contribution < -0.4 is 10.6 Å². The van der Waals surface area contributed by atoms with Gasteiger partial charge in [-0.05, 0) is 38.1 Å². The van der Waals surface area contributed by atoms with Crippen LogP contribution in [0.25, 0.3) is 0 Å². The first-order valence-electron chi connectivity index (χ1n) is 6.45. The number of hydrogen-bond acceptors (Lipinski definition) is 3. The van der Waals surface area contributed by atoms with Gasteiger partial charge in [0.25, 0.3) is 0 Å². The first-order valence-corrected chi connectivity index (χ1v) is 6.45. The molecule has 2 heterocycles. The third kappa shape index (κ3) is 3.46. The maximum Gasteiger partial charge on any atom is 0.237 e. The Kier molecular flexibility index (Phi) is 4.60. The van der Waals surface area contributed by atoms with Crippen molar-refractivity contribution in [2.24, 2.45) is 5.92 Å². The molecular weight excluding hydrogens is 204 g/mol. The smallest absolute Gasteiger partial charge is 0.237 e. The molecule has 1 atom stereocenters. The largest absolute Gasteiger partial charge is 0.381 e. The summed E-state index contributed by atoms with van der Waals surface area (Å²) in [4.78, 5) is 11.8. The lowest BCUT2D eigenvalue weighted by atomic mass is 9.99. The average Bonchev–Trinajstić information content (AvgIpc) is 2.38. The van der Waals surface area contributed by atoms with Crippen LogP contribution in [0.15, 0.2) is 0 Å². The Morgan fingerprint density at radius 1 is 1.25 bits per heavy atom. The van der Waals surface area contributed by atoms with Crippen LogP contribution >= 0.6 is 0 Å². The summed E-state index contributed by atoms with van der Waals surface area (Å²) in [6.07, 6.45) is 5.52. The lowest BCUT2D eigenvalue weighted by molar-refractivity contribution is -0.124. The quantitative estimate of drug-likeness (QED) is 0.743. The normalized spacial score (nSPS) is 27.6. The van der Waals surface area contributed by atoms with E-state index in [9.17, 15) is 4.79 Å². The van der Waals surface area contributed by atoms with Crippen molar-refractivity contribution in [3.05, 3.63) is 0 Å². The number of rotatable bonds is 3. The van der Waals surface area contributed by atoms with Crippen molar-refractivity contribution in [2.45, 2.75) is 38.1 Å². The Morgan fingerprint density at radius 2 is 2.06 bits per heavy atom. The second-order valence-corrected chi connectivity index (χ2v) is 4.80. The molecule has 1 unspecified atom stereocenters. The molecule has 0 radical (unpaired) electrons. The summed E-state index contributed by atoms with van der Waals surface area (Å²) >= 11 is 0.